The third-order valence-corrected chi connectivity index (χ3v) is 12.2. The van der Waals surface area contributed by atoms with Gasteiger partial charge in [-0.15, -0.1) is 0 Å². The van der Waals surface area contributed by atoms with E-state index < -0.39 is 200 Å². The van der Waals surface area contributed by atoms with E-state index in [1.54, 1.807) is 13.8 Å². The van der Waals surface area contributed by atoms with Crippen LogP contribution in [-0.4, -0.2) is 179 Å². The monoisotopic (exact) mass is 1170 g/mol. The average Bonchev–Trinajstić information content (AvgIpc) is 3.94. The summed E-state index contributed by atoms with van der Waals surface area (Å²) in [4.78, 5) is 189. The highest BCUT2D eigenvalue weighted by Gasteiger charge is 2.37. The summed E-state index contributed by atoms with van der Waals surface area (Å²) in [5.74, 6) is -17.8. The summed E-state index contributed by atoms with van der Waals surface area (Å²) in [5.41, 5.74) is 11.5. The average molecular weight is 1170 g/mol. The molecule has 2 aromatic rings. The van der Waals surface area contributed by atoms with E-state index in [0.29, 0.717) is 5.56 Å². The zero-order valence-electron chi connectivity index (χ0n) is 46.5. The minimum absolute atomic E-state index is 0.166. The molecule has 32 nitrogen and oxygen atoms in total. The number of aromatic hydroxyl groups is 1. The van der Waals surface area contributed by atoms with Gasteiger partial charge in [-0.25, -0.2) is 4.98 Å². The van der Waals surface area contributed by atoms with Gasteiger partial charge in [0.1, 0.15) is 60.1 Å². The first-order valence-corrected chi connectivity index (χ1v) is 26.2. The van der Waals surface area contributed by atoms with E-state index in [1.165, 1.54) is 64.5 Å². The van der Waals surface area contributed by atoms with Crippen LogP contribution >= 0.6 is 0 Å². The lowest BCUT2D eigenvalue weighted by Crippen LogP contribution is -2.61. The number of H-pyrrole nitrogens is 1. The standard InChI is InChI=1S/C51H75N13O19/c1-23(2)17-33(46(77)59-32(13-16-39(69)70)45(76)64-41(24(3)4)50(81)56-26(6)51(82)83)60-49(80)36(20-40(71)72)63-48(79)35(19-28-21-54-22-55-28)62-44(75)31(12-15-38(67)68)58-47(78)34(18-27-7-9-29(65)10-8-27)61-43(74)30(11-14-37(53)66)57-42(73)25(5)52/h7-10,21-26,30-36,41,65H,11-20,52H2,1-6H3,(H2,53,66)(H,54,55)(H,56,81)(H,57,73)(H,58,78)(H,59,77)(H,60,80)(H,61,74)(H,62,75)(H,63,79)(H,64,76)(H,67,68)(H,69,70)(H,71,72)(H,82,83)/t25-,26-,30-,31-,32-,33-,34-,35-,36-,41-/m0/s1. The molecule has 32 heteroatoms. The number of aromatic amines is 1. The Morgan fingerprint density at radius 3 is 1.36 bits per heavy atom. The van der Waals surface area contributed by atoms with Gasteiger partial charge in [0, 0.05) is 44.0 Å². The smallest absolute Gasteiger partial charge is 0.325 e. The van der Waals surface area contributed by atoms with Crippen molar-refractivity contribution >= 4 is 82.9 Å². The van der Waals surface area contributed by atoms with Gasteiger partial charge in [0.2, 0.25) is 59.1 Å². The molecule has 83 heavy (non-hydrogen) atoms. The summed E-state index contributed by atoms with van der Waals surface area (Å²) in [5, 5.41) is 69.4. The van der Waals surface area contributed by atoms with E-state index in [-0.39, 0.29) is 30.7 Å². The third kappa shape index (κ3) is 25.8. The van der Waals surface area contributed by atoms with Crippen LogP contribution in [0.25, 0.3) is 0 Å². The van der Waals surface area contributed by atoms with Crippen molar-refractivity contribution in [2.24, 2.45) is 23.3 Å². The summed E-state index contributed by atoms with van der Waals surface area (Å²) in [7, 11) is 0. The molecule has 10 atom stereocenters. The predicted octanol–water partition coefficient (Wildman–Crippen LogP) is -4.11. The van der Waals surface area contributed by atoms with Crippen molar-refractivity contribution < 1.29 is 92.7 Å². The Hall–Kier alpha value is -9.23. The van der Waals surface area contributed by atoms with Crippen LogP contribution in [0.15, 0.2) is 36.8 Å². The number of carbonyl (C=O) groups excluding carboxylic acids is 10. The molecule has 1 aromatic carbocycles. The summed E-state index contributed by atoms with van der Waals surface area (Å²) in [6.07, 6.45) is -3.18. The lowest BCUT2D eigenvalue weighted by molar-refractivity contribution is -0.142. The second kappa shape index (κ2) is 34.1. The largest absolute Gasteiger partial charge is 0.508 e. The number of nitrogens with one attached hydrogen (secondary N) is 10. The number of aliphatic carboxylic acids is 4. The molecule has 0 bridgehead atoms. The molecule has 10 amide bonds. The number of carboxylic acid groups (broad SMARTS) is 4. The molecule has 19 N–H and O–H groups in total. The molecular weight excluding hydrogens is 1100 g/mol. The zero-order valence-corrected chi connectivity index (χ0v) is 46.5. The van der Waals surface area contributed by atoms with Crippen LogP contribution in [-0.2, 0) is 80.0 Å². The molecule has 0 saturated carbocycles. The van der Waals surface area contributed by atoms with Gasteiger partial charge in [-0.05, 0) is 69.1 Å². The SMILES string of the molecule is CC(C)C[C@H](NC(=O)[C@H](CC(=O)O)NC(=O)[C@H](Cc1cnc[nH]1)NC(=O)[C@H](CCC(=O)O)NC(=O)[C@H](Cc1ccc(O)cc1)NC(=O)[C@H](CCC(N)=O)NC(=O)[C@H](C)N)C(=O)N[C@@H](CCC(=O)O)C(=O)N[C@H](C(=O)N[C@@H](C)C(=O)O)C(C)C. The first kappa shape index (κ1) is 69.9. The highest BCUT2D eigenvalue weighted by molar-refractivity contribution is 5.99. The quantitative estimate of drug-likeness (QED) is 0.0306. The number of imidazole rings is 1. The molecule has 2 rings (SSSR count). The number of carboxylic acids is 4. The number of nitrogens with two attached hydrogens (primary N) is 2. The highest BCUT2D eigenvalue weighted by atomic mass is 16.4. The molecule has 0 fully saturated rings. The molecule has 0 unspecified atom stereocenters. The van der Waals surface area contributed by atoms with Gasteiger partial charge in [0.05, 0.1) is 18.8 Å². The number of rotatable bonds is 37. The number of phenolic OH excluding ortho intramolecular Hbond substituents is 1. The van der Waals surface area contributed by atoms with Crippen molar-refractivity contribution in [2.75, 3.05) is 0 Å². The zero-order chi connectivity index (χ0) is 62.8. The minimum atomic E-state index is -2.04. The Balaban J connectivity index is 2.55. The normalized spacial score (nSPS) is 14.7. The maximum Gasteiger partial charge on any atom is 0.325 e. The number of nitrogens with zero attached hydrogens (tertiary/aromatic N) is 1. The molecule has 0 aliphatic heterocycles. The third-order valence-electron chi connectivity index (χ3n) is 12.2. The van der Waals surface area contributed by atoms with Crippen molar-refractivity contribution in [3.8, 4) is 5.75 Å². The Kier molecular flexibility index (Phi) is 28.7. The van der Waals surface area contributed by atoms with Gasteiger partial charge in [-0.2, -0.15) is 0 Å². The number of amides is 10. The fraction of sp³-hybridized carbons (Fsp3) is 0.549. The van der Waals surface area contributed by atoms with Gasteiger partial charge in [-0.3, -0.25) is 67.1 Å². The molecule has 0 radical (unpaired) electrons. The molecule has 0 aliphatic rings. The first-order chi connectivity index (χ1) is 38.8. The van der Waals surface area contributed by atoms with E-state index in [2.05, 4.69) is 57.8 Å². The lowest BCUT2D eigenvalue weighted by Gasteiger charge is -2.28. The topological polar surface area (TPSA) is 529 Å². The van der Waals surface area contributed by atoms with Crippen LogP contribution in [0.2, 0.25) is 0 Å². The molecule has 458 valence electrons. The second-order valence-electron chi connectivity index (χ2n) is 20.3. The second-order valence-corrected chi connectivity index (χ2v) is 20.3. The first-order valence-electron chi connectivity index (χ1n) is 26.2. The minimum Gasteiger partial charge on any atom is -0.508 e. The Labute approximate surface area is 475 Å². The van der Waals surface area contributed by atoms with Gasteiger partial charge in [-0.1, -0.05) is 39.8 Å². The van der Waals surface area contributed by atoms with Crippen LogP contribution in [0, 0.1) is 11.8 Å². The number of phenols is 1. The molecule has 0 spiro atoms. The van der Waals surface area contributed by atoms with Gasteiger partial charge in [0.15, 0.2) is 0 Å². The van der Waals surface area contributed by atoms with Gasteiger partial charge < -0.3 is 89.8 Å². The van der Waals surface area contributed by atoms with Crippen molar-refractivity contribution in [3.05, 3.63) is 48.0 Å². The lowest BCUT2D eigenvalue weighted by atomic mass is 10.00. The van der Waals surface area contributed by atoms with Crippen molar-refractivity contribution in [1.82, 2.24) is 57.8 Å². The summed E-state index contributed by atoms with van der Waals surface area (Å²) in [6.45, 7) is 8.76. The number of hydrogen-bond acceptors (Lipinski definition) is 17. The molecule has 0 aliphatic carbocycles. The van der Waals surface area contributed by atoms with E-state index in [1.807, 2.05) is 0 Å². The molecule has 1 aromatic heterocycles. The number of aromatic nitrogens is 2. The fourth-order valence-electron chi connectivity index (χ4n) is 7.71. The maximum absolute atomic E-state index is 14.3. The Morgan fingerprint density at radius 1 is 0.506 bits per heavy atom. The summed E-state index contributed by atoms with van der Waals surface area (Å²) < 4.78 is 0. The predicted molar refractivity (Wildman–Crippen MR) is 287 cm³/mol. The summed E-state index contributed by atoms with van der Waals surface area (Å²) >= 11 is 0. The van der Waals surface area contributed by atoms with Crippen LogP contribution in [0.1, 0.15) is 104 Å². The molecular formula is C51H75N13O19. The van der Waals surface area contributed by atoms with Crippen LogP contribution in [0.3, 0.4) is 0 Å². The Bertz CT molecular complexity index is 2630. The fourth-order valence-corrected chi connectivity index (χ4v) is 7.71. The van der Waals surface area contributed by atoms with Crippen molar-refractivity contribution in [3.63, 3.8) is 0 Å². The number of primary amides is 1. The number of hydrogen-bond donors (Lipinski definition) is 17. The highest BCUT2D eigenvalue weighted by Crippen LogP contribution is 2.15. The maximum atomic E-state index is 14.3. The van der Waals surface area contributed by atoms with Gasteiger partial charge >= 0.3 is 23.9 Å². The molecule has 0 saturated heterocycles. The molecule has 1 heterocycles. The number of carbonyl (C=O) groups is 14. The summed E-state index contributed by atoms with van der Waals surface area (Å²) in [6, 6.07) is -10.7. The van der Waals surface area contributed by atoms with Gasteiger partial charge in [0.25, 0.3) is 0 Å². The van der Waals surface area contributed by atoms with Crippen molar-refractivity contribution in [1.29, 1.82) is 0 Å². The van der Waals surface area contributed by atoms with Crippen LogP contribution < -0.4 is 59.3 Å². The van der Waals surface area contributed by atoms with Crippen LogP contribution in [0.5, 0.6) is 5.75 Å². The van der Waals surface area contributed by atoms with E-state index in [9.17, 15) is 92.7 Å². The van der Waals surface area contributed by atoms with E-state index >= 15 is 0 Å². The number of benzene rings is 1. The van der Waals surface area contributed by atoms with E-state index in [4.69, 9.17) is 11.5 Å². The van der Waals surface area contributed by atoms with Crippen LogP contribution in [0.4, 0.5) is 0 Å². The Morgan fingerprint density at radius 2 is 0.928 bits per heavy atom. The van der Waals surface area contributed by atoms with Crippen molar-refractivity contribution in [2.45, 2.75) is 166 Å². The van der Waals surface area contributed by atoms with E-state index in [0.717, 1.165) is 0 Å².